The van der Waals surface area contributed by atoms with Gasteiger partial charge in [0, 0.05) is 5.56 Å². The fraction of sp³-hybridized carbons (Fsp3) is 0.500. The predicted molar refractivity (Wildman–Crippen MR) is 99.4 cm³/mol. The van der Waals surface area contributed by atoms with E-state index in [0.29, 0.717) is 18.4 Å². The Morgan fingerprint density at radius 2 is 1.78 bits per heavy atom. The second-order valence-electron chi connectivity index (χ2n) is 6.91. The summed E-state index contributed by atoms with van der Waals surface area (Å²) in [5, 5.41) is 2.65. The lowest BCUT2D eigenvalue weighted by Crippen LogP contribution is -2.46. The van der Waals surface area contributed by atoms with Crippen LogP contribution in [0.5, 0.6) is 0 Å². The summed E-state index contributed by atoms with van der Waals surface area (Å²) in [6, 6.07) is 4.65. The molecule has 1 heterocycles. The largest absolute Gasteiger partial charge is 0.453 e. The Morgan fingerprint density at radius 3 is 2.30 bits per heavy atom. The highest BCUT2D eigenvalue weighted by Gasteiger charge is 2.49. The average molecular weight is 374 g/mol. The summed E-state index contributed by atoms with van der Waals surface area (Å²) in [7, 11) is 0. The number of rotatable bonds is 7. The number of carbonyl (C=O) groups excluding carboxylic acids is 4. The highest BCUT2D eigenvalue weighted by atomic mass is 16.5. The van der Waals surface area contributed by atoms with Crippen molar-refractivity contribution in [2.75, 3.05) is 6.54 Å². The molecule has 1 N–H and O–H groups in total. The zero-order chi connectivity index (χ0) is 20.4. The number of nitrogens with one attached hydrogen (secondary N) is 1. The van der Waals surface area contributed by atoms with Crippen LogP contribution in [-0.4, -0.2) is 46.8 Å². The van der Waals surface area contributed by atoms with Gasteiger partial charge >= 0.3 is 12.0 Å². The van der Waals surface area contributed by atoms with Crippen LogP contribution >= 0.6 is 0 Å². The van der Waals surface area contributed by atoms with Crippen LogP contribution in [0, 0.1) is 13.8 Å². The highest BCUT2D eigenvalue weighted by Crippen LogP contribution is 2.24. The summed E-state index contributed by atoms with van der Waals surface area (Å²) >= 11 is 0. The first kappa shape index (κ1) is 20.6. The number of Topliss-reactive ketones (excluding diaryl/α,β-unsaturated/α-hetero) is 1. The van der Waals surface area contributed by atoms with Crippen molar-refractivity contribution in [3.8, 4) is 0 Å². The Kier molecular flexibility index (Phi) is 6.03. The molecule has 1 aromatic carbocycles. The third-order valence-corrected chi connectivity index (χ3v) is 5.21. The van der Waals surface area contributed by atoms with Gasteiger partial charge in [-0.05, 0) is 50.8 Å². The molecule has 7 heteroatoms. The first-order valence-corrected chi connectivity index (χ1v) is 9.10. The third-order valence-electron chi connectivity index (χ3n) is 5.21. The predicted octanol–water partition coefficient (Wildman–Crippen LogP) is 2.53. The number of hydrogen-bond acceptors (Lipinski definition) is 5. The van der Waals surface area contributed by atoms with Crippen molar-refractivity contribution in [2.45, 2.75) is 59.1 Å². The van der Waals surface area contributed by atoms with E-state index < -0.39 is 36.1 Å². The molecule has 0 unspecified atom stereocenters. The van der Waals surface area contributed by atoms with Gasteiger partial charge in [0.15, 0.2) is 6.10 Å². The van der Waals surface area contributed by atoms with Gasteiger partial charge in [0.2, 0.25) is 5.78 Å². The maximum atomic E-state index is 12.5. The molecular weight excluding hydrogens is 348 g/mol. The van der Waals surface area contributed by atoms with Gasteiger partial charge in [-0.1, -0.05) is 26.0 Å². The lowest BCUT2D eigenvalue weighted by Gasteiger charge is -2.23. The molecule has 1 aliphatic rings. The van der Waals surface area contributed by atoms with E-state index in [-0.39, 0.29) is 5.78 Å². The van der Waals surface area contributed by atoms with E-state index in [2.05, 4.69) is 5.32 Å². The van der Waals surface area contributed by atoms with Crippen molar-refractivity contribution in [3.05, 3.63) is 34.9 Å². The number of ketones is 1. The lowest BCUT2D eigenvalue weighted by molar-refractivity contribution is -0.150. The van der Waals surface area contributed by atoms with Gasteiger partial charge in [0.1, 0.15) is 12.1 Å². The molecule has 146 valence electrons. The minimum atomic E-state index is -1.01. The first-order valence-electron chi connectivity index (χ1n) is 9.10. The number of urea groups is 1. The molecule has 1 fully saturated rings. The Morgan fingerprint density at radius 1 is 1.15 bits per heavy atom. The van der Waals surface area contributed by atoms with Crippen molar-refractivity contribution in [2.24, 2.45) is 0 Å². The number of aryl methyl sites for hydroxylation is 2. The van der Waals surface area contributed by atoms with Crippen molar-refractivity contribution in [1.82, 2.24) is 10.2 Å². The standard InChI is InChI=1S/C20H26N2O5/c1-6-20(7-2)18(25)22(19(26)21-20)11-16(23)27-14(5)17(24)15-9-8-12(3)13(4)10-15/h8-10,14H,6-7,11H2,1-5H3,(H,21,26)/t14-/m0/s1. The van der Waals surface area contributed by atoms with Crippen molar-refractivity contribution < 1.29 is 23.9 Å². The quantitative estimate of drug-likeness (QED) is 0.450. The monoisotopic (exact) mass is 374 g/mol. The summed E-state index contributed by atoms with van der Waals surface area (Å²) in [5.74, 6) is -1.58. The van der Waals surface area contributed by atoms with Gasteiger partial charge in [-0.15, -0.1) is 0 Å². The second kappa shape index (κ2) is 7.90. The van der Waals surface area contributed by atoms with Crippen LogP contribution in [0.1, 0.15) is 55.1 Å². The highest BCUT2D eigenvalue weighted by molar-refractivity contribution is 6.08. The van der Waals surface area contributed by atoms with Gasteiger partial charge in [-0.2, -0.15) is 0 Å². The molecule has 0 spiro atoms. The number of imide groups is 1. The summed E-state index contributed by atoms with van der Waals surface area (Å²) in [6.45, 7) is 8.40. The molecule has 1 aromatic rings. The summed E-state index contributed by atoms with van der Waals surface area (Å²) in [5.41, 5.74) is 1.50. The maximum Gasteiger partial charge on any atom is 0.326 e. The summed E-state index contributed by atoms with van der Waals surface area (Å²) in [6.07, 6.45) is -0.148. The van der Waals surface area contributed by atoms with E-state index in [0.717, 1.165) is 16.0 Å². The summed E-state index contributed by atoms with van der Waals surface area (Å²) in [4.78, 5) is 50.1. The maximum absolute atomic E-state index is 12.5. The second-order valence-corrected chi connectivity index (χ2v) is 6.91. The van der Waals surface area contributed by atoms with Gasteiger partial charge in [-0.3, -0.25) is 19.3 Å². The van der Waals surface area contributed by atoms with Crippen LogP contribution in [0.25, 0.3) is 0 Å². The van der Waals surface area contributed by atoms with Crippen molar-refractivity contribution in [3.63, 3.8) is 0 Å². The van der Waals surface area contributed by atoms with E-state index in [1.54, 1.807) is 26.0 Å². The molecule has 3 amide bonds. The number of ether oxygens (including phenoxy) is 1. The zero-order valence-corrected chi connectivity index (χ0v) is 16.4. The fourth-order valence-electron chi connectivity index (χ4n) is 3.10. The van der Waals surface area contributed by atoms with Crippen LogP contribution in [-0.2, 0) is 14.3 Å². The molecule has 0 radical (unpaired) electrons. The Labute approximate surface area is 159 Å². The molecule has 1 atom stereocenters. The fourth-order valence-corrected chi connectivity index (χ4v) is 3.10. The minimum Gasteiger partial charge on any atom is -0.453 e. The molecule has 0 bridgehead atoms. The van der Waals surface area contributed by atoms with E-state index in [1.807, 2.05) is 19.9 Å². The topological polar surface area (TPSA) is 92.8 Å². The Hall–Kier alpha value is -2.70. The molecule has 27 heavy (non-hydrogen) atoms. The van der Waals surface area contributed by atoms with Crippen LogP contribution in [0.15, 0.2) is 18.2 Å². The number of amides is 3. The molecule has 0 saturated carbocycles. The van der Waals surface area contributed by atoms with Crippen molar-refractivity contribution >= 4 is 23.7 Å². The van der Waals surface area contributed by atoms with Crippen molar-refractivity contribution in [1.29, 1.82) is 0 Å². The number of hydrogen-bond donors (Lipinski definition) is 1. The number of nitrogens with zero attached hydrogens (tertiary/aromatic N) is 1. The Balaban J connectivity index is 2.02. The van der Waals surface area contributed by atoms with E-state index >= 15 is 0 Å². The SMILES string of the molecule is CCC1(CC)NC(=O)N(CC(=O)O[C@@H](C)C(=O)c2ccc(C)c(C)c2)C1=O. The molecule has 7 nitrogen and oxygen atoms in total. The molecule has 0 aromatic heterocycles. The van der Waals surface area contributed by atoms with Gasteiger partial charge in [-0.25, -0.2) is 4.79 Å². The van der Waals surface area contributed by atoms with Crippen LogP contribution < -0.4 is 5.32 Å². The molecule has 1 saturated heterocycles. The van der Waals surface area contributed by atoms with Gasteiger partial charge in [0.25, 0.3) is 5.91 Å². The summed E-state index contributed by atoms with van der Waals surface area (Å²) < 4.78 is 5.17. The van der Waals surface area contributed by atoms with Gasteiger partial charge in [0.05, 0.1) is 0 Å². The average Bonchev–Trinajstić information content (AvgIpc) is 2.87. The normalized spacial score (nSPS) is 16.9. The zero-order valence-electron chi connectivity index (χ0n) is 16.4. The van der Waals surface area contributed by atoms with E-state index in [9.17, 15) is 19.2 Å². The van der Waals surface area contributed by atoms with Crippen LogP contribution in [0.2, 0.25) is 0 Å². The number of carbonyl (C=O) groups is 4. The van der Waals surface area contributed by atoms with Gasteiger partial charge < -0.3 is 10.1 Å². The van der Waals surface area contributed by atoms with E-state index in [1.165, 1.54) is 6.92 Å². The molecule has 0 aliphatic carbocycles. The smallest absolute Gasteiger partial charge is 0.326 e. The molecule has 2 rings (SSSR count). The Bertz CT molecular complexity index is 783. The molecule has 1 aliphatic heterocycles. The number of benzene rings is 1. The molecular formula is C20H26N2O5. The minimum absolute atomic E-state index is 0.333. The third kappa shape index (κ3) is 4.02. The van der Waals surface area contributed by atoms with Crippen LogP contribution in [0.4, 0.5) is 4.79 Å². The van der Waals surface area contributed by atoms with E-state index in [4.69, 9.17) is 4.74 Å². The lowest BCUT2D eigenvalue weighted by atomic mass is 9.93. The number of esters is 1. The van der Waals surface area contributed by atoms with Crippen LogP contribution in [0.3, 0.4) is 0 Å². The first-order chi connectivity index (χ1) is 12.6.